The van der Waals surface area contributed by atoms with E-state index in [9.17, 15) is 9.90 Å². The maximum Gasteiger partial charge on any atom is 0.341 e. The highest BCUT2D eigenvalue weighted by Crippen LogP contribution is 2.19. The largest absolute Gasteiger partial charge is 0.477 e. The van der Waals surface area contributed by atoms with Crippen LogP contribution >= 0.6 is 0 Å². The van der Waals surface area contributed by atoms with Crippen LogP contribution in [0, 0.1) is 0 Å². The predicted molar refractivity (Wildman–Crippen MR) is 69.3 cm³/mol. The zero-order valence-electron chi connectivity index (χ0n) is 10.4. The molecule has 0 atom stereocenters. The van der Waals surface area contributed by atoms with Crippen LogP contribution in [0.5, 0.6) is 0 Å². The van der Waals surface area contributed by atoms with Crippen LogP contribution in [-0.4, -0.2) is 45.3 Å². The third-order valence-corrected chi connectivity index (χ3v) is 3.07. The van der Waals surface area contributed by atoms with Gasteiger partial charge in [0, 0.05) is 25.5 Å². The number of nitrogens with zero attached hydrogens (tertiary/aromatic N) is 3. The number of aliphatic hydroxyl groups excluding tert-OH is 1. The lowest BCUT2D eigenvalue weighted by atomic mass is 10.1. The number of rotatable bonds is 3. The molecule has 1 aliphatic rings. The Morgan fingerprint density at radius 3 is 2.74 bits per heavy atom. The van der Waals surface area contributed by atoms with Gasteiger partial charge in [-0.15, -0.1) is 0 Å². The number of hydrogen-bond donors (Lipinski definition) is 3. The van der Waals surface area contributed by atoms with Gasteiger partial charge in [0.2, 0.25) is 0 Å². The number of nitrogens with two attached hydrogens (primary N) is 1. The summed E-state index contributed by atoms with van der Waals surface area (Å²) in [6, 6.07) is 1.72. The first-order valence-electron chi connectivity index (χ1n) is 6.03. The molecule has 7 nitrogen and oxygen atoms in total. The fourth-order valence-electron chi connectivity index (χ4n) is 1.99. The van der Waals surface area contributed by atoms with Gasteiger partial charge in [0.25, 0.3) is 0 Å². The molecule has 0 spiro atoms. The molecule has 0 saturated carbocycles. The van der Waals surface area contributed by atoms with E-state index in [0.29, 0.717) is 31.7 Å². The van der Waals surface area contributed by atoms with E-state index in [0.717, 1.165) is 6.20 Å². The maximum atomic E-state index is 11.0. The lowest BCUT2D eigenvalue weighted by Crippen LogP contribution is -2.36. The number of piperidine rings is 1. The van der Waals surface area contributed by atoms with Crippen LogP contribution in [0.1, 0.15) is 18.7 Å². The monoisotopic (exact) mass is 264 g/mol. The Labute approximate surface area is 110 Å². The lowest BCUT2D eigenvalue weighted by Gasteiger charge is -2.30. The van der Waals surface area contributed by atoms with E-state index in [1.165, 1.54) is 6.20 Å². The summed E-state index contributed by atoms with van der Waals surface area (Å²) in [7, 11) is 0. The van der Waals surface area contributed by atoms with Crippen molar-refractivity contribution in [3.8, 4) is 0 Å². The molecule has 2 heterocycles. The van der Waals surface area contributed by atoms with Gasteiger partial charge in [0.05, 0.1) is 6.10 Å². The quantitative estimate of drug-likeness (QED) is 0.649. The molecule has 1 aromatic rings. The third-order valence-electron chi connectivity index (χ3n) is 3.07. The van der Waals surface area contributed by atoms with E-state index in [4.69, 9.17) is 10.8 Å². The van der Waals surface area contributed by atoms with Gasteiger partial charge >= 0.3 is 5.97 Å². The second-order valence-corrected chi connectivity index (χ2v) is 4.34. The molecule has 0 amide bonds. The molecule has 4 N–H and O–H groups in total. The average Bonchev–Trinajstić information content (AvgIpc) is 2.40. The summed E-state index contributed by atoms with van der Waals surface area (Å²) in [5, 5.41) is 18.5. The Morgan fingerprint density at radius 2 is 2.16 bits per heavy atom. The number of aliphatic hydroxyl groups is 1. The number of hydrogen-bond acceptors (Lipinski definition) is 6. The van der Waals surface area contributed by atoms with Crippen LogP contribution in [0.25, 0.3) is 5.57 Å². The molecule has 1 saturated heterocycles. The number of carboxylic acid groups (broad SMARTS) is 1. The highest BCUT2D eigenvalue weighted by atomic mass is 16.4. The van der Waals surface area contributed by atoms with Gasteiger partial charge in [-0.05, 0) is 18.9 Å². The molecule has 1 fully saturated rings. The number of carbonyl (C=O) groups is 1. The van der Waals surface area contributed by atoms with Crippen LogP contribution in [0.2, 0.25) is 0 Å². The van der Waals surface area contributed by atoms with Crippen molar-refractivity contribution in [1.29, 1.82) is 0 Å². The number of aliphatic carboxylic acids is 1. The molecule has 0 bridgehead atoms. The minimum Gasteiger partial charge on any atom is -0.477 e. The first-order chi connectivity index (χ1) is 9.11. The maximum absolute atomic E-state index is 11.0. The van der Waals surface area contributed by atoms with Crippen molar-refractivity contribution in [3.63, 3.8) is 0 Å². The lowest BCUT2D eigenvalue weighted by molar-refractivity contribution is -0.130. The molecule has 1 aliphatic heterocycles. The molecule has 7 heteroatoms. The zero-order chi connectivity index (χ0) is 13.8. The van der Waals surface area contributed by atoms with Crippen LogP contribution < -0.4 is 10.6 Å². The molecule has 0 aliphatic carbocycles. The van der Waals surface area contributed by atoms with E-state index in [2.05, 4.69) is 9.97 Å². The highest BCUT2D eigenvalue weighted by Gasteiger charge is 2.20. The van der Waals surface area contributed by atoms with Gasteiger partial charge in [-0.2, -0.15) is 0 Å². The average molecular weight is 264 g/mol. The van der Waals surface area contributed by atoms with Crippen molar-refractivity contribution in [3.05, 3.63) is 24.3 Å². The normalized spacial score (nSPS) is 17.5. The summed E-state index contributed by atoms with van der Waals surface area (Å²) in [5.74, 6) is -0.412. The summed E-state index contributed by atoms with van der Waals surface area (Å²) < 4.78 is 0. The molecule has 102 valence electrons. The summed E-state index contributed by atoms with van der Waals surface area (Å²) in [6.07, 6.45) is 3.59. The summed E-state index contributed by atoms with van der Waals surface area (Å²) >= 11 is 0. The van der Waals surface area contributed by atoms with Crippen LogP contribution in [0.15, 0.2) is 18.5 Å². The van der Waals surface area contributed by atoms with Crippen molar-refractivity contribution in [1.82, 2.24) is 9.97 Å². The van der Waals surface area contributed by atoms with Crippen LogP contribution in [0.4, 0.5) is 5.82 Å². The Balaban J connectivity index is 2.22. The molecule has 0 unspecified atom stereocenters. The van der Waals surface area contributed by atoms with Crippen molar-refractivity contribution in [2.45, 2.75) is 18.9 Å². The van der Waals surface area contributed by atoms with E-state index in [1.807, 2.05) is 4.90 Å². The molecule has 2 rings (SSSR count). The molecule has 0 radical (unpaired) electrons. The van der Waals surface area contributed by atoms with E-state index < -0.39 is 5.97 Å². The Hall–Kier alpha value is -2.15. The Kier molecular flexibility index (Phi) is 3.96. The molecular formula is C12H16N4O3. The number of carboxylic acids is 1. The number of aromatic nitrogens is 2. The van der Waals surface area contributed by atoms with Crippen LogP contribution in [0.3, 0.4) is 0 Å². The van der Waals surface area contributed by atoms with Gasteiger partial charge in [0.15, 0.2) is 5.82 Å². The SMILES string of the molecule is N/C=C(/C(=O)O)c1nccc(N2CCC(O)CC2)n1. The summed E-state index contributed by atoms with van der Waals surface area (Å²) in [5.41, 5.74) is 5.16. The third kappa shape index (κ3) is 3.00. The minimum atomic E-state index is -1.16. The Bertz CT molecular complexity index is 496. The van der Waals surface area contributed by atoms with Gasteiger partial charge in [-0.3, -0.25) is 0 Å². The van der Waals surface area contributed by atoms with E-state index in [1.54, 1.807) is 6.07 Å². The highest BCUT2D eigenvalue weighted by molar-refractivity contribution is 6.13. The number of anilines is 1. The van der Waals surface area contributed by atoms with Gasteiger partial charge < -0.3 is 20.8 Å². The molecule has 1 aromatic heterocycles. The second-order valence-electron chi connectivity index (χ2n) is 4.34. The first kappa shape index (κ1) is 13.3. The molecular weight excluding hydrogens is 248 g/mol. The van der Waals surface area contributed by atoms with Crippen molar-refractivity contribution in [2.24, 2.45) is 5.73 Å². The van der Waals surface area contributed by atoms with Crippen molar-refractivity contribution in [2.75, 3.05) is 18.0 Å². The Morgan fingerprint density at radius 1 is 1.47 bits per heavy atom. The fourth-order valence-corrected chi connectivity index (χ4v) is 1.99. The molecule has 19 heavy (non-hydrogen) atoms. The van der Waals surface area contributed by atoms with E-state index >= 15 is 0 Å². The van der Waals surface area contributed by atoms with E-state index in [-0.39, 0.29) is 17.5 Å². The topological polar surface area (TPSA) is 113 Å². The molecule has 0 aromatic carbocycles. The fraction of sp³-hybridized carbons (Fsp3) is 0.417. The predicted octanol–water partition coefficient (Wildman–Crippen LogP) is -0.178. The second kappa shape index (κ2) is 5.66. The minimum absolute atomic E-state index is 0.0959. The van der Waals surface area contributed by atoms with Gasteiger partial charge in [0.1, 0.15) is 11.4 Å². The summed E-state index contributed by atoms with van der Waals surface area (Å²) in [4.78, 5) is 21.1. The van der Waals surface area contributed by atoms with Gasteiger partial charge in [-0.25, -0.2) is 14.8 Å². The van der Waals surface area contributed by atoms with Crippen molar-refractivity contribution < 1.29 is 15.0 Å². The summed E-state index contributed by atoms with van der Waals surface area (Å²) in [6.45, 7) is 1.37. The first-order valence-corrected chi connectivity index (χ1v) is 6.03. The van der Waals surface area contributed by atoms with Crippen molar-refractivity contribution >= 4 is 17.4 Å². The standard InChI is InChI=1S/C12H16N4O3/c13-7-9(12(18)19)11-14-4-1-10(15-11)16-5-2-8(17)3-6-16/h1,4,7-8,17H,2-3,5-6,13H2,(H,18,19)/b9-7+. The van der Waals surface area contributed by atoms with Gasteiger partial charge in [-0.1, -0.05) is 0 Å². The smallest absolute Gasteiger partial charge is 0.341 e. The zero-order valence-corrected chi connectivity index (χ0v) is 10.4. The van der Waals surface area contributed by atoms with Crippen LogP contribution in [-0.2, 0) is 4.79 Å².